The molecule has 3 N–H and O–H groups in total. The third-order valence-electron chi connectivity index (χ3n) is 2.62. The van der Waals surface area contributed by atoms with Crippen molar-refractivity contribution >= 4 is 15.7 Å². The minimum absolute atomic E-state index is 0.226. The molecule has 0 fully saturated rings. The van der Waals surface area contributed by atoms with E-state index in [2.05, 4.69) is 10.2 Å². The fourth-order valence-electron chi connectivity index (χ4n) is 1.36. The summed E-state index contributed by atoms with van der Waals surface area (Å²) in [6.45, 7) is 4.29. The minimum Gasteiger partial charge on any atom is -0.381 e. The van der Waals surface area contributed by atoms with Gasteiger partial charge in [-0.2, -0.15) is 0 Å². The molecule has 7 heteroatoms. The fraction of sp³-hybridized carbons (Fsp3) is 0.455. The van der Waals surface area contributed by atoms with E-state index < -0.39 is 15.8 Å². The molecule has 1 aromatic rings. The van der Waals surface area contributed by atoms with E-state index in [1.807, 2.05) is 14.0 Å². The predicted octanol–water partition coefficient (Wildman–Crippen LogP) is 0.837. The molecular weight excluding hydrogens is 257 g/mol. The second-order valence-corrected chi connectivity index (χ2v) is 5.57. The number of halogens is 1. The van der Waals surface area contributed by atoms with Crippen LogP contribution in [0.4, 0.5) is 10.1 Å². The van der Waals surface area contributed by atoms with E-state index >= 15 is 0 Å². The summed E-state index contributed by atoms with van der Waals surface area (Å²) < 4.78 is 35.6. The van der Waals surface area contributed by atoms with Gasteiger partial charge in [0.1, 0.15) is 5.82 Å². The van der Waals surface area contributed by atoms with Crippen LogP contribution < -0.4 is 10.5 Å². The van der Waals surface area contributed by atoms with Crippen LogP contribution in [0.15, 0.2) is 23.1 Å². The predicted molar refractivity (Wildman–Crippen MR) is 69.4 cm³/mol. The Balaban J connectivity index is 2.69. The van der Waals surface area contributed by atoms with Crippen molar-refractivity contribution in [1.29, 1.82) is 0 Å². The van der Waals surface area contributed by atoms with E-state index in [0.29, 0.717) is 6.54 Å². The van der Waals surface area contributed by atoms with E-state index in [9.17, 15) is 12.8 Å². The minimum atomic E-state index is -3.86. The van der Waals surface area contributed by atoms with Gasteiger partial charge in [0.15, 0.2) is 0 Å². The van der Waals surface area contributed by atoms with Gasteiger partial charge < -0.3 is 10.2 Å². The Hall–Kier alpha value is -1.18. The number of nitrogens with two attached hydrogens (primary N) is 1. The first-order chi connectivity index (χ1) is 8.34. The van der Waals surface area contributed by atoms with Crippen LogP contribution in [-0.2, 0) is 10.0 Å². The molecule has 0 aromatic heterocycles. The van der Waals surface area contributed by atoms with Crippen LogP contribution in [0.5, 0.6) is 0 Å². The molecule has 0 bridgehead atoms. The molecule has 0 radical (unpaired) electrons. The zero-order valence-corrected chi connectivity index (χ0v) is 11.3. The summed E-state index contributed by atoms with van der Waals surface area (Å²) in [6, 6.07) is 3.58. The van der Waals surface area contributed by atoms with Gasteiger partial charge in [-0.15, -0.1) is 0 Å². The molecule has 0 saturated carbocycles. The van der Waals surface area contributed by atoms with Gasteiger partial charge in [-0.3, -0.25) is 0 Å². The summed E-state index contributed by atoms with van der Waals surface area (Å²) in [6.07, 6.45) is 0. The highest BCUT2D eigenvalue weighted by molar-refractivity contribution is 7.89. The van der Waals surface area contributed by atoms with E-state index in [1.54, 1.807) is 0 Å². The van der Waals surface area contributed by atoms with Crippen molar-refractivity contribution in [3.8, 4) is 0 Å². The van der Waals surface area contributed by atoms with Crippen molar-refractivity contribution in [2.75, 3.05) is 32.0 Å². The Labute approximate surface area is 107 Å². The third kappa shape index (κ3) is 4.25. The van der Waals surface area contributed by atoms with Gasteiger partial charge in [-0.25, -0.2) is 17.9 Å². The van der Waals surface area contributed by atoms with Crippen LogP contribution in [0.25, 0.3) is 0 Å². The maximum absolute atomic E-state index is 13.6. The first kappa shape index (κ1) is 14.9. The molecule has 102 valence electrons. The quantitative estimate of drug-likeness (QED) is 0.806. The van der Waals surface area contributed by atoms with Crippen LogP contribution in [0.1, 0.15) is 6.92 Å². The number of nitrogens with zero attached hydrogens (tertiary/aromatic N) is 1. The standard InChI is InChI=1S/C11H18FN3O2S/c1-3-15(2)7-6-14-11-5-4-9(8-10(11)12)18(13,16)17/h4-5,8,14H,3,6-7H2,1-2H3,(H2,13,16,17). The molecule has 0 unspecified atom stereocenters. The van der Waals surface area contributed by atoms with Gasteiger partial charge in [-0.05, 0) is 31.8 Å². The number of nitrogens with one attached hydrogen (secondary N) is 1. The smallest absolute Gasteiger partial charge is 0.238 e. The molecule has 0 amide bonds. The average Bonchev–Trinajstić information content (AvgIpc) is 2.29. The molecule has 0 heterocycles. The Bertz CT molecular complexity index is 505. The molecule has 0 spiro atoms. The van der Waals surface area contributed by atoms with Gasteiger partial charge in [0.2, 0.25) is 10.0 Å². The lowest BCUT2D eigenvalue weighted by Gasteiger charge is -2.15. The molecule has 0 saturated heterocycles. The lowest BCUT2D eigenvalue weighted by molar-refractivity contribution is 0.367. The number of likely N-dealkylation sites (N-methyl/N-ethyl adjacent to an activating group) is 1. The highest BCUT2D eigenvalue weighted by Crippen LogP contribution is 2.17. The van der Waals surface area contributed by atoms with E-state index in [-0.39, 0.29) is 10.6 Å². The number of benzene rings is 1. The van der Waals surface area contributed by atoms with Gasteiger partial charge in [0.25, 0.3) is 0 Å². The first-order valence-electron chi connectivity index (χ1n) is 5.59. The van der Waals surface area contributed by atoms with Crippen LogP contribution in [0, 0.1) is 5.82 Å². The van der Waals surface area contributed by atoms with Crippen LogP contribution >= 0.6 is 0 Å². The molecule has 0 aliphatic rings. The Morgan fingerprint density at radius 3 is 2.61 bits per heavy atom. The number of sulfonamides is 1. The monoisotopic (exact) mass is 275 g/mol. The van der Waals surface area contributed by atoms with Crippen LogP contribution in [-0.4, -0.2) is 40.0 Å². The molecule has 0 atom stereocenters. The largest absolute Gasteiger partial charge is 0.381 e. The molecule has 0 aliphatic heterocycles. The van der Waals surface area contributed by atoms with Gasteiger partial charge >= 0.3 is 0 Å². The van der Waals surface area contributed by atoms with Crippen molar-refractivity contribution in [2.45, 2.75) is 11.8 Å². The zero-order valence-electron chi connectivity index (χ0n) is 10.5. The van der Waals surface area contributed by atoms with Gasteiger partial charge in [0.05, 0.1) is 10.6 Å². The number of hydrogen-bond acceptors (Lipinski definition) is 4. The summed E-state index contributed by atoms with van der Waals surface area (Å²) in [4.78, 5) is 1.85. The SMILES string of the molecule is CCN(C)CCNc1ccc(S(N)(=O)=O)cc1F. The van der Waals surface area contributed by atoms with Crippen LogP contribution in [0.2, 0.25) is 0 Å². The van der Waals surface area contributed by atoms with Crippen LogP contribution in [0.3, 0.4) is 0 Å². The summed E-state index contributed by atoms with van der Waals surface area (Å²) in [5.41, 5.74) is 0.270. The highest BCUT2D eigenvalue weighted by atomic mass is 32.2. The van der Waals surface area contributed by atoms with Crippen molar-refractivity contribution < 1.29 is 12.8 Å². The Morgan fingerprint density at radius 1 is 1.44 bits per heavy atom. The highest BCUT2D eigenvalue weighted by Gasteiger charge is 2.11. The second-order valence-electron chi connectivity index (χ2n) is 4.01. The number of anilines is 1. The average molecular weight is 275 g/mol. The maximum atomic E-state index is 13.6. The molecule has 18 heavy (non-hydrogen) atoms. The molecule has 0 aliphatic carbocycles. The summed E-state index contributed by atoms with van der Waals surface area (Å²) in [7, 11) is -1.90. The second kappa shape index (κ2) is 6.12. The Kier molecular flexibility index (Phi) is 5.06. The molecule has 1 aromatic carbocycles. The fourth-order valence-corrected chi connectivity index (χ4v) is 1.88. The van der Waals surface area contributed by atoms with Gasteiger partial charge in [-0.1, -0.05) is 6.92 Å². The van der Waals surface area contributed by atoms with Gasteiger partial charge in [0, 0.05) is 13.1 Å². The lowest BCUT2D eigenvalue weighted by Crippen LogP contribution is -2.25. The van der Waals surface area contributed by atoms with Crippen molar-refractivity contribution in [3.05, 3.63) is 24.0 Å². The van der Waals surface area contributed by atoms with E-state index in [4.69, 9.17) is 5.14 Å². The molecular formula is C11H18FN3O2S. The maximum Gasteiger partial charge on any atom is 0.238 e. The number of primary sulfonamides is 1. The molecule has 1 rings (SSSR count). The number of rotatable bonds is 6. The normalized spacial score (nSPS) is 11.8. The van der Waals surface area contributed by atoms with Crippen molar-refractivity contribution in [3.63, 3.8) is 0 Å². The Morgan fingerprint density at radius 2 is 2.11 bits per heavy atom. The molecule has 5 nitrogen and oxygen atoms in total. The van der Waals surface area contributed by atoms with E-state index in [1.165, 1.54) is 12.1 Å². The lowest BCUT2D eigenvalue weighted by atomic mass is 10.3. The summed E-state index contributed by atoms with van der Waals surface area (Å²) in [5.74, 6) is -0.624. The topological polar surface area (TPSA) is 75.4 Å². The zero-order chi connectivity index (χ0) is 13.8. The summed E-state index contributed by atoms with van der Waals surface area (Å²) in [5, 5.41) is 7.82. The third-order valence-corrected chi connectivity index (χ3v) is 3.53. The number of hydrogen-bond donors (Lipinski definition) is 2. The van der Waals surface area contributed by atoms with E-state index in [0.717, 1.165) is 19.2 Å². The summed E-state index contributed by atoms with van der Waals surface area (Å²) >= 11 is 0. The first-order valence-corrected chi connectivity index (χ1v) is 7.14. The van der Waals surface area contributed by atoms with Crippen molar-refractivity contribution in [2.24, 2.45) is 5.14 Å². The van der Waals surface area contributed by atoms with Crippen molar-refractivity contribution in [1.82, 2.24) is 4.90 Å².